The number of anilines is 1. The van der Waals surface area contributed by atoms with Gasteiger partial charge in [-0.25, -0.2) is 0 Å². The van der Waals surface area contributed by atoms with Crippen molar-refractivity contribution >= 4 is 29.1 Å². The van der Waals surface area contributed by atoms with E-state index in [1.807, 2.05) is 19.1 Å². The number of rotatable bonds is 5. The molecule has 0 aromatic heterocycles. The van der Waals surface area contributed by atoms with Crippen LogP contribution >= 0.6 is 11.6 Å². The number of hydrogen-bond acceptors (Lipinski definition) is 2. The second kappa shape index (κ2) is 6.27. The number of carbonyl (C=O) groups excluding carboxylic acids is 2. The maximum Gasteiger partial charge on any atom is 0.223 e. The van der Waals surface area contributed by atoms with Crippen LogP contribution in [0.3, 0.4) is 0 Å². The van der Waals surface area contributed by atoms with Crippen LogP contribution in [0.1, 0.15) is 31.7 Å². The summed E-state index contributed by atoms with van der Waals surface area (Å²) in [6.07, 6.45) is 2.44. The molecule has 108 valence electrons. The molecular formula is C15H19ClN2O2. The molecule has 2 rings (SSSR count). The Morgan fingerprint density at radius 3 is 2.70 bits per heavy atom. The molecule has 0 unspecified atom stereocenters. The molecule has 0 spiro atoms. The second-order valence-electron chi connectivity index (χ2n) is 5.15. The zero-order valence-corrected chi connectivity index (χ0v) is 12.5. The molecule has 0 heterocycles. The maximum atomic E-state index is 11.8. The highest BCUT2D eigenvalue weighted by Crippen LogP contribution is 2.27. The molecule has 1 N–H and O–H groups in total. The first kappa shape index (κ1) is 14.9. The maximum absolute atomic E-state index is 11.8. The minimum absolute atomic E-state index is 0.00145. The molecule has 1 aliphatic carbocycles. The van der Waals surface area contributed by atoms with Crippen molar-refractivity contribution in [3.05, 3.63) is 28.8 Å². The number of benzene rings is 1. The third-order valence-electron chi connectivity index (χ3n) is 3.41. The Hall–Kier alpha value is -1.55. The van der Waals surface area contributed by atoms with Crippen molar-refractivity contribution in [2.45, 2.75) is 39.2 Å². The SMILES string of the molecule is CC(=O)N(CCC(=O)NC1CC1)c1cccc(Cl)c1C. The smallest absolute Gasteiger partial charge is 0.223 e. The summed E-state index contributed by atoms with van der Waals surface area (Å²) in [6, 6.07) is 5.80. The number of nitrogens with one attached hydrogen (secondary N) is 1. The van der Waals surface area contributed by atoms with Gasteiger partial charge in [0.1, 0.15) is 0 Å². The largest absolute Gasteiger partial charge is 0.353 e. The van der Waals surface area contributed by atoms with Crippen LogP contribution in [0.5, 0.6) is 0 Å². The summed E-state index contributed by atoms with van der Waals surface area (Å²) >= 11 is 6.09. The van der Waals surface area contributed by atoms with Gasteiger partial charge in [-0.15, -0.1) is 0 Å². The molecule has 1 aromatic rings. The number of amides is 2. The normalized spacial score (nSPS) is 13.9. The predicted molar refractivity (Wildman–Crippen MR) is 80.0 cm³/mol. The van der Waals surface area contributed by atoms with Gasteiger partial charge in [0.25, 0.3) is 0 Å². The van der Waals surface area contributed by atoms with Crippen molar-refractivity contribution in [2.75, 3.05) is 11.4 Å². The van der Waals surface area contributed by atoms with Gasteiger partial charge in [0.05, 0.1) is 0 Å². The zero-order valence-electron chi connectivity index (χ0n) is 11.8. The quantitative estimate of drug-likeness (QED) is 0.907. The number of nitrogens with zero attached hydrogens (tertiary/aromatic N) is 1. The molecular weight excluding hydrogens is 276 g/mol. The Morgan fingerprint density at radius 1 is 1.40 bits per heavy atom. The first-order chi connectivity index (χ1) is 9.49. The van der Waals surface area contributed by atoms with E-state index < -0.39 is 0 Å². The van der Waals surface area contributed by atoms with Crippen molar-refractivity contribution in [1.82, 2.24) is 5.32 Å². The van der Waals surface area contributed by atoms with Gasteiger partial charge in [-0.3, -0.25) is 9.59 Å². The van der Waals surface area contributed by atoms with Gasteiger partial charge in [0.2, 0.25) is 11.8 Å². The van der Waals surface area contributed by atoms with Crippen molar-refractivity contribution in [3.8, 4) is 0 Å². The number of hydrogen-bond donors (Lipinski definition) is 1. The summed E-state index contributed by atoms with van der Waals surface area (Å²) in [7, 11) is 0. The highest BCUT2D eigenvalue weighted by atomic mass is 35.5. The van der Waals surface area contributed by atoms with E-state index in [-0.39, 0.29) is 11.8 Å². The minimum atomic E-state index is -0.0883. The second-order valence-corrected chi connectivity index (χ2v) is 5.55. The highest BCUT2D eigenvalue weighted by molar-refractivity contribution is 6.31. The predicted octanol–water partition coefficient (Wildman–Crippen LogP) is 2.67. The highest BCUT2D eigenvalue weighted by Gasteiger charge is 2.24. The molecule has 5 heteroatoms. The van der Waals surface area contributed by atoms with Crippen LogP contribution in [0.25, 0.3) is 0 Å². The van der Waals surface area contributed by atoms with Crippen LogP contribution in [0, 0.1) is 6.92 Å². The van der Waals surface area contributed by atoms with E-state index in [1.165, 1.54) is 6.92 Å². The molecule has 0 aliphatic heterocycles. The van der Waals surface area contributed by atoms with Crippen molar-refractivity contribution in [2.24, 2.45) is 0 Å². The van der Waals surface area contributed by atoms with Crippen LogP contribution in [-0.4, -0.2) is 24.4 Å². The Kier molecular flexibility index (Phi) is 4.65. The van der Waals surface area contributed by atoms with Crippen LogP contribution in [-0.2, 0) is 9.59 Å². The zero-order chi connectivity index (χ0) is 14.7. The standard InChI is InChI=1S/C15H19ClN2O2/c1-10-13(16)4-3-5-14(10)18(11(2)19)9-8-15(20)17-12-6-7-12/h3-5,12H,6-9H2,1-2H3,(H,17,20). The van der Waals surface area contributed by atoms with Gasteiger partial charge in [0.15, 0.2) is 0 Å². The Balaban J connectivity index is 2.04. The monoisotopic (exact) mass is 294 g/mol. The van der Waals surface area contributed by atoms with E-state index in [4.69, 9.17) is 11.6 Å². The molecule has 0 saturated heterocycles. The van der Waals surface area contributed by atoms with E-state index in [2.05, 4.69) is 5.32 Å². The van der Waals surface area contributed by atoms with Gasteiger partial charge < -0.3 is 10.2 Å². The summed E-state index contributed by atoms with van der Waals surface area (Å²) in [5.74, 6) is -0.0898. The fourth-order valence-electron chi connectivity index (χ4n) is 2.08. The van der Waals surface area contributed by atoms with E-state index >= 15 is 0 Å². The first-order valence-electron chi connectivity index (χ1n) is 6.81. The summed E-state index contributed by atoms with van der Waals surface area (Å²) < 4.78 is 0. The molecule has 4 nitrogen and oxygen atoms in total. The third kappa shape index (κ3) is 3.73. The lowest BCUT2D eigenvalue weighted by Crippen LogP contribution is -2.34. The van der Waals surface area contributed by atoms with E-state index in [1.54, 1.807) is 11.0 Å². The van der Waals surface area contributed by atoms with Gasteiger partial charge in [0, 0.05) is 36.6 Å². The Bertz CT molecular complexity index is 527. The average molecular weight is 295 g/mol. The Morgan fingerprint density at radius 2 is 2.10 bits per heavy atom. The molecule has 0 atom stereocenters. The summed E-state index contributed by atoms with van der Waals surface area (Å²) in [4.78, 5) is 25.1. The van der Waals surface area contributed by atoms with Crippen LogP contribution in [0.2, 0.25) is 5.02 Å². The molecule has 0 radical (unpaired) electrons. The number of carbonyl (C=O) groups is 2. The van der Waals surface area contributed by atoms with Crippen molar-refractivity contribution in [3.63, 3.8) is 0 Å². The lowest BCUT2D eigenvalue weighted by Gasteiger charge is -2.23. The molecule has 1 aliphatic rings. The van der Waals surface area contributed by atoms with Crippen LogP contribution in [0.4, 0.5) is 5.69 Å². The third-order valence-corrected chi connectivity index (χ3v) is 3.82. The topological polar surface area (TPSA) is 49.4 Å². The van der Waals surface area contributed by atoms with E-state index in [0.29, 0.717) is 24.0 Å². The lowest BCUT2D eigenvalue weighted by molar-refractivity contribution is -0.121. The molecule has 2 amide bonds. The average Bonchev–Trinajstić information content (AvgIpc) is 3.18. The van der Waals surface area contributed by atoms with Crippen LogP contribution < -0.4 is 10.2 Å². The van der Waals surface area contributed by atoms with Gasteiger partial charge in [-0.05, 0) is 37.5 Å². The molecule has 20 heavy (non-hydrogen) atoms. The molecule has 1 fully saturated rings. The fourth-order valence-corrected chi connectivity index (χ4v) is 2.25. The number of halogens is 1. The van der Waals surface area contributed by atoms with Crippen molar-refractivity contribution < 1.29 is 9.59 Å². The molecule has 1 saturated carbocycles. The fraction of sp³-hybridized carbons (Fsp3) is 0.467. The summed E-state index contributed by atoms with van der Waals surface area (Å²) in [5.41, 5.74) is 1.62. The lowest BCUT2D eigenvalue weighted by atomic mass is 10.1. The van der Waals surface area contributed by atoms with Crippen molar-refractivity contribution in [1.29, 1.82) is 0 Å². The van der Waals surface area contributed by atoms with E-state index in [9.17, 15) is 9.59 Å². The van der Waals surface area contributed by atoms with Gasteiger partial charge in [-0.2, -0.15) is 0 Å². The summed E-state index contributed by atoms with van der Waals surface area (Å²) in [6.45, 7) is 3.74. The van der Waals surface area contributed by atoms with Gasteiger partial charge in [-0.1, -0.05) is 17.7 Å². The van der Waals surface area contributed by atoms with Crippen LogP contribution in [0.15, 0.2) is 18.2 Å². The summed E-state index contributed by atoms with van der Waals surface area (Å²) in [5, 5.41) is 3.54. The molecule has 1 aromatic carbocycles. The molecule has 0 bridgehead atoms. The minimum Gasteiger partial charge on any atom is -0.353 e. The Labute approximate surface area is 124 Å². The van der Waals surface area contributed by atoms with Gasteiger partial charge >= 0.3 is 0 Å². The van der Waals surface area contributed by atoms with E-state index in [0.717, 1.165) is 24.1 Å². The first-order valence-corrected chi connectivity index (χ1v) is 7.19.